The Labute approximate surface area is 207 Å². The standard InChI is InChI=1S/C24H27N7O3S/c1-29(10-11-32)17-3-2-16-14-31(23(34)18(16)12-17)24-28-20(15-35-24)22(33)27-19-13-26-5-4-21(19)30-8-6-25-7-9-30/h2-5,12-13,15,25,32H,6-11,14H2,1H3,(H,27,33). The first-order valence-corrected chi connectivity index (χ1v) is 12.4. The molecule has 0 unspecified atom stereocenters. The fourth-order valence-corrected chi connectivity index (χ4v) is 5.11. The molecule has 11 heteroatoms. The van der Waals surface area contributed by atoms with E-state index >= 15 is 0 Å². The average molecular weight is 494 g/mol. The number of fused-ring (bicyclic) bond motifs is 1. The molecule has 2 aromatic heterocycles. The number of amides is 2. The van der Waals surface area contributed by atoms with Crippen LogP contribution in [0, 0.1) is 0 Å². The second kappa shape index (κ2) is 9.98. The molecule has 35 heavy (non-hydrogen) atoms. The number of aromatic nitrogens is 2. The Hall–Kier alpha value is -3.54. The van der Waals surface area contributed by atoms with Crippen LogP contribution >= 0.6 is 11.3 Å². The average Bonchev–Trinajstić information content (AvgIpc) is 3.50. The number of hydrogen-bond donors (Lipinski definition) is 3. The minimum absolute atomic E-state index is 0.0351. The van der Waals surface area contributed by atoms with Crippen molar-refractivity contribution in [1.82, 2.24) is 15.3 Å². The molecule has 0 atom stereocenters. The number of aliphatic hydroxyl groups excluding tert-OH is 1. The fourth-order valence-electron chi connectivity index (χ4n) is 4.30. The molecule has 0 spiro atoms. The van der Waals surface area contributed by atoms with Crippen molar-refractivity contribution in [2.45, 2.75) is 6.54 Å². The van der Waals surface area contributed by atoms with Crippen LogP contribution in [0.15, 0.2) is 42.0 Å². The molecule has 2 aliphatic rings. The molecule has 4 heterocycles. The first-order chi connectivity index (χ1) is 17.0. The molecule has 0 aliphatic carbocycles. The zero-order chi connectivity index (χ0) is 24.4. The second-order valence-corrected chi connectivity index (χ2v) is 9.31. The van der Waals surface area contributed by atoms with Crippen LogP contribution in [0.3, 0.4) is 0 Å². The highest BCUT2D eigenvalue weighted by atomic mass is 32.1. The van der Waals surface area contributed by atoms with Crippen LogP contribution in [0.2, 0.25) is 0 Å². The van der Waals surface area contributed by atoms with Crippen molar-refractivity contribution in [3.8, 4) is 0 Å². The number of likely N-dealkylation sites (N-methyl/N-ethyl adjacent to an activating group) is 1. The zero-order valence-electron chi connectivity index (χ0n) is 19.4. The van der Waals surface area contributed by atoms with Gasteiger partial charge in [0.15, 0.2) is 5.13 Å². The molecular formula is C24H27N7O3S. The number of hydrogen-bond acceptors (Lipinski definition) is 9. The van der Waals surface area contributed by atoms with E-state index in [1.807, 2.05) is 36.2 Å². The van der Waals surface area contributed by atoms with Gasteiger partial charge in [0.25, 0.3) is 11.8 Å². The SMILES string of the molecule is CN(CCO)c1ccc2c(c1)C(=O)N(c1nc(C(=O)Nc3cnccc3N3CCNCC3)cs1)C2. The normalized spacial score (nSPS) is 15.3. The molecule has 1 aromatic carbocycles. The van der Waals surface area contributed by atoms with Gasteiger partial charge in [0, 0.05) is 62.6 Å². The minimum Gasteiger partial charge on any atom is -0.395 e. The van der Waals surface area contributed by atoms with Gasteiger partial charge in [-0.15, -0.1) is 11.3 Å². The lowest BCUT2D eigenvalue weighted by molar-refractivity contribution is 0.0991. The largest absolute Gasteiger partial charge is 0.395 e. The number of carbonyl (C=O) groups is 2. The summed E-state index contributed by atoms with van der Waals surface area (Å²) in [4.78, 5) is 40.5. The van der Waals surface area contributed by atoms with E-state index in [0.717, 1.165) is 43.1 Å². The molecule has 1 saturated heterocycles. The van der Waals surface area contributed by atoms with Crippen molar-refractivity contribution in [3.05, 3.63) is 58.9 Å². The van der Waals surface area contributed by atoms with Gasteiger partial charge in [-0.25, -0.2) is 4.98 Å². The molecule has 0 saturated carbocycles. The third-order valence-corrected chi connectivity index (χ3v) is 7.10. The number of nitrogens with zero attached hydrogens (tertiary/aromatic N) is 5. The van der Waals surface area contributed by atoms with Crippen molar-refractivity contribution in [1.29, 1.82) is 0 Å². The van der Waals surface area contributed by atoms with Crippen molar-refractivity contribution in [3.63, 3.8) is 0 Å². The molecular weight excluding hydrogens is 466 g/mol. The Bertz CT molecular complexity index is 1240. The molecule has 3 aromatic rings. The number of carbonyl (C=O) groups excluding carboxylic acids is 2. The second-order valence-electron chi connectivity index (χ2n) is 8.48. The van der Waals surface area contributed by atoms with E-state index in [9.17, 15) is 14.7 Å². The van der Waals surface area contributed by atoms with Crippen LogP contribution < -0.4 is 25.3 Å². The summed E-state index contributed by atoms with van der Waals surface area (Å²) >= 11 is 1.27. The van der Waals surface area contributed by atoms with E-state index in [0.29, 0.717) is 29.5 Å². The van der Waals surface area contributed by atoms with Gasteiger partial charge in [-0.1, -0.05) is 6.07 Å². The summed E-state index contributed by atoms with van der Waals surface area (Å²) in [6.07, 6.45) is 3.37. The quantitative estimate of drug-likeness (QED) is 0.457. The van der Waals surface area contributed by atoms with Crippen LogP contribution in [0.4, 0.5) is 22.2 Å². The van der Waals surface area contributed by atoms with Gasteiger partial charge in [0.2, 0.25) is 0 Å². The van der Waals surface area contributed by atoms with E-state index in [-0.39, 0.29) is 24.1 Å². The lowest BCUT2D eigenvalue weighted by Crippen LogP contribution is -2.43. The number of rotatable bonds is 7. The Balaban J connectivity index is 1.31. The lowest BCUT2D eigenvalue weighted by atomic mass is 10.1. The highest BCUT2D eigenvalue weighted by molar-refractivity contribution is 7.14. The van der Waals surface area contributed by atoms with Crippen LogP contribution in [-0.4, -0.2) is 73.3 Å². The summed E-state index contributed by atoms with van der Waals surface area (Å²) in [5.74, 6) is -0.484. The van der Waals surface area contributed by atoms with Gasteiger partial charge >= 0.3 is 0 Å². The minimum atomic E-state index is -0.339. The van der Waals surface area contributed by atoms with Crippen LogP contribution in [0.1, 0.15) is 26.4 Å². The van der Waals surface area contributed by atoms with Crippen molar-refractivity contribution < 1.29 is 14.7 Å². The number of thiazole rings is 1. The van der Waals surface area contributed by atoms with E-state index < -0.39 is 0 Å². The van der Waals surface area contributed by atoms with Gasteiger partial charge in [0.05, 0.1) is 30.7 Å². The number of nitrogens with one attached hydrogen (secondary N) is 2. The molecule has 3 N–H and O–H groups in total. The van der Waals surface area contributed by atoms with Crippen LogP contribution in [-0.2, 0) is 6.54 Å². The van der Waals surface area contributed by atoms with E-state index in [1.165, 1.54) is 11.3 Å². The Kier molecular flexibility index (Phi) is 6.62. The maximum absolute atomic E-state index is 13.1. The van der Waals surface area contributed by atoms with Crippen molar-refractivity contribution in [2.24, 2.45) is 0 Å². The molecule has 5 rings (SSSR count). The third kappa shape index (κ3) is 4.70. The third-order valence-electron chi connectivity index (χ3n) is 6.23. The van der Waals surface area contributed by atoms with Crippen molar-refractivity contribution in [2.75, 3.05) is 66.4 Å². The predicted molar refractivity (Wildman–Crippen MR) is 137 cm³/mol. The van der Waals surface area contributed by atoms with Gasteiger partial charge in [0.1, 0.15) is 5.69 Å². The topological polar surface area (TPSA) is 114 Å². The summed E-state index contributed by atoms with van der Waals surface area (Å²) < 4.78 is 0. The summed E-state index contributed by atoms with van der Waals surface area (Å²) in [6, 6.07) is 7.61. The zero-order valence-corrected chi connectivity index (χ0v) is 20.2. The van der Waals surface area contributed by atoms with E-state index in [1.54, 1.807) is 22.7 Å². The van der Waals surface area contributed by atoms with E-state index in [4.69, 9.17) is 0 Å². The first-order valence-electron chi connectivity index (χ1n) is 11.5. The van der Waals surface area contributed by atoms with Gasteiger partial charge in [-0.3, -0.25) is 19.5 Å². The molecule has 2 amide bonds. The maximum atomic E-state index is 13.1. The van der Waals surface area contributed by atoms with Crippen LogP contribution in [0.25, 0.3) is 0 Å². The fraction of sp³-hybridized carbons (Fsp3) is 0.333. The number of aliphatic hydroxyl groups is 1. The summed E-state index contributed by atoms with van der Waals surface area (Å²) in [7, 11) is 1.87. The van der Waals surface area contributed by atoms with Gasteiger partial charge < -0.3 is 25.5 Å². The number of benzene rings is 1. The molecule has 10 nitrogen and oxygen atoms in total. The van der Waals surface area contributed by atoms with Gasteiger partial charge in [-0.2, -0.15) is 0 Å². The molecule has 0 bridgehead atoms. The molecule has 0 radical (unpaired) electrons. The van der Waals surface area contributed by atoms with E-state index in [2.05, 4.69) is 25.5 Å². The van der Waals surface area contributed by atoms with Crippen molar-refractivity contribution >= 4 is 45.3 Å². The highest BCUT2D eigenvalue weighted by Gasteiger charge is 2.31. The number of anilines is 4. The Morgan fingerprint density at radius 1 is 1.29 bits per heavy atom. The lowest BCUT2D eigenvalue weighted by Gasteiger charge is -2.30. The Morgan fingerprint density at radius 3 is 2.91 bits per heavy atom. The molecule has 1 fully saturated rings. The number of piperazine rings is 1. The Morgan fingerprint density at radius 2 is 2.11 bits per heavy atom. The highest BCUT2D eigenvalue weighted by Crippen LogP contribution is 2.33. The summed E-state index contributed by atoms with van der Waals surface area (Å²) in [6.45, 7) is 4.39. The summed E-state index contributed by atoms with van der Waals surface area (Å²) in [5, 5.41) is 17.6. The molecule has 2 aliphatic heterocycles. The first kappa shape index (κ1) is 23.2. The molecule has 182 valence electrons. The van der Waals surface area contributed by atoms with Gasteiger partial charge in [-0.05, 0) is 23.8 Å². The monoisotopic (exact) mass is 493 g/mol. The smallest absolute Gasteiger partial charge is 0.275 e. The predicted octanol–water partition coefficient (Wildman–Crippen LogP) is 1.79. The number of pyridine rings is 1. The van der Waals surface area contributed by atoms with Crippen LogP contribution in [0.5, 0.6) is 0 Å². The summed E-state index contributed by atoms with van der Waals surface area (Å²) in [5.41, 5.74) is 4.21. The maximum Gasteiger partial charge on any atom is 0.275 e.